The van der Waals surface area contributed by atoms with E-state index in [9.17, 15) is 13.2 Å². The summed E-state index contributed by atoms with van der Waals surface area (Å²) in [4.78, 5) is 16.8. The molecule has 0 spiro atoms. The molecule has 8 heteroatoms. The third-order valence-corrected chi connectivity index (χ3v) is 9.51. The zero-order chi connectivity index (χ0) is 22.2. The van der Waals surface area contributed by atoms with Crippen LogP contribution in [0, 0.1) is 0 Å². The second-order valence-electron chi connectivity index (χ2n) is 8.30. The normalized spacial score (nSPS) is 22.2. The molecule has 4 rings (SSSR count). The van der Waals surface area contributed by atoms with Crippen LogP contribution < -0.4 is 4.74 Å². The molecule has 31 heavy (non-hydrogen) atoms. The Balaban J connectivity index is 1.70. The van der Waals surface area contributed by atoms with Crippen molar-refractivity contribution in [1.29, 1.82) is 0 Å². The average molecular weight is 463 g/mol. The van der Waals surface area contributed by atoms with Gasteiger partial charge in [0.2, 0.25) is 10.0 Å². The molecule has 1 aromatic heterocycles. The van der Waals surface area contributed by atoms with E-state index in [0.717, 1.165) is 32.1 Å². The Kier molecular flexibility index (Phi) is 6.42. The average Bonchev–Trinajstić information content (AvgIpc) is 3.26. The molecule has 0 radical (unpaired) electrons. The van der Waals surface area contributed by atoms with Crippen molar-refractivity contribution in [3.63, 3.8) is 0 Å². The van der Waals surface area contributed by atoms with Crippen LogP contribution in [0.5, 0.6) is 5.75 Å². The number of carbonyl (C=O) groups is 1. The Morgan fingerprint density at radius 2 is 2.03 bits per heavy atom. The number of amides is 1. The van der Waals surface area contributed by atoms with Crippen molar-refractivity contribution in [2.24, 2.45) is 0 Å². The summed E-state index contributed by atoms with van der Waals surface area (Å²) in [5, 5.41) is 2.08. The molecule has 2 aliphatic heterocycles. The number of hydrogen-bond acceptors (Lipinski definition) is 5. The molecule has 3 heterocycles. The summed E-state index contributed by atoms with van der Waals surface area (Å²) >= 11 is 1.74. The highest BCUT2D eigenvalue weighted by molar-refractivity contribution is 7.89. The number of fused-ring (bicyclic) bond motifs is 1. The Morgan fingerprint density at radius 3 is 2.74 bits per heavy atom. The summed E-state index contributed by atoms with van der Waals surface area (Å²) in [6.45, 7) is 5.16. The van der Waals surface area contributed by atoms with Crippen LogP contribution in [0.25, 0.3) is 0 Å². The topological polar surface area (TPSA) is 66.9 Å². The monoisotopic (exact) mass is 462 g/mol. The van der Waals surface area contributed by atoms with E-state index < -0.39 is 10.0 Å². The first-order chi connectivity index (χ1) is 14.9. The SMILES string of the molecule is CCC1c2ccsc2CCN1C(=O)c1ccc(OC)c(S(=O)(=O)N2CCCCC2C)c1. The number of sulfonamides is 1. The van der Waals surface area contributed by atoms with Crippen LogP contribution in [0.15, 0.2) is 34.5 Å². The second kappa shape index (κ2) is 8.92. The zero-order valence-electron chi connectivity index (χ0n) is 18.3. The van der Waals surface area contributed by atoms with Gasteiger partial charge >= 0.3 is 0 Å². The van der Waals surface area contributed by atoms with E-state index >= 15 is 0 Å². The molecular formula is C23H30N2O4S2. The number of benzene rings is 1. The van der Waals surface area contributed by atoms with E-state index in [0.29, 0.717) is 18.7 Å². The maximum absolute atomic E-state index is 13.5. The van der Waals surface area contributed by atoms with E-state index in [1.54, 1.807) is 27.8 Å². The third kappa shape index (κ3) is 4.01. The van der Waals surface area contributed by atoms with Crippen LogP contribution >= 0.6 is 11.3 Å². The van der Waals surface area contributed by atoms with Crippen LogP contribution in [-0.4, -0.2) is 49.8 Å². The van der Waals surface area contributed by atoms with Gasteiger partial charge in [-0.15, -0.1) is 11.3 Å². The maximum Gasteiger partial charge on any atom is 0.254 e. The summed E-state index contributed by atoms with van der Waals surface area (Å²) in [5.41, 5.74) is 1.61. The largest absolute Gasteiger partial charge is 0.495 e. The Morgan fingerprint density at radius 1 is 1.23 bits per heavy atom. The lowest BCUT2D eigenvalue weighted by Crippen LogP contribution is -2.42. The van der Waals surface area contributed by atoms with Gasteiger partial charge in [0, 0.05) is 29.6 Å². The summed E-state index contributed by atoms with van der Waals surface area (Å²) in [6, 6.07) is 6.85. The molecule has 2 aromatic rings. The van der Waals surface area contributed by atoms with E-state index in [1.165, 1.54) is 23.6 Å². The Hall–Kier alpha value is -1.90. The predicted molar refractivity (Wildman–Crippen MR) is 122 cm³/mol. The quantitative estimate of drug-likeness (QED) is 0.658. The van der Waals surface area contributed by atoms with Crippen molar-refractivity contribution in [2.45, 2.75) is 62.9 Å². The molecule has 168 valence electrons. The number of piperidine rings is 1. The van der Waals surface area contributed by atoms with Gasteiger partial charge in [0.15, 0.2) is 0 Å². The molecule has 1 fully saturated rings. The van der Waals surface area contributed by atoms with Crippen LogP contribution in [0.3, 0.4) is 0 Å². The van der Waals surface area contributed by atoms with Crippen LogP contribution in [0.2, 0.25) is 0 Å². The number of methoxy groups -OCH3 is 1. The molecular weight excluding hydrogens is 432 g/mol. The molecule has 1 saturated heterocycles. The van der Waals surface area contributed by atoms with Gasteiger partial charge in [-0.2, -0.15) is 4.31 Å². The Bertz CT molecular complexity index is 1060. The molecule has 0 N–H and O–H groups in total. The fraction of sp³-hybridized carbons (Fsp3) is 0.522. The van der Waals surface area contributed by atoms with Crippen LogP contribution in [0.1, 0.15) is 66.4 Å². The van der Waals surface area contributed by atoms with Crippen molar-refractivity contribution in [2.75, 3.05) is 20.2 Å². The van der Waals surface area contributed by atoms with Crippen LogP contribution in [-0.2, 0) is 16.4 Å². The highest BCUT2D eigenvalue weighted by Crippen LogP contribution is 2.37. The summed E-state index contributed by atoms with van der Waals surface area (Å²) in [6.07, 6.45) is 4.37. The lowest BCUT2D eigenvalue weighted by Gasteiger charge is -2.36. The summed E-state index contributed by atoms with van der Waals surface area (Å²) in [7, 11) is -2.30. The molecule has 6 nitrogen and oxygen atoms in total. The van der Waals surface area contributed by atoms with Crippen molar-refractivity contribution in [3.8, 4) is 5.75 Å². The second-order valence-corrected chi connectivity index (χ2v) is 11.2. The van der Waals surface area contributed by atoms with Gasteiger partial charge in [0.1, 0.15) is 10.6 Å². The minimum Gasteiger partial charge on any atom is -0.495 e. The first-order valence-corrected chi connectivity index (χ1v) is 13.3. The number of ether oxygens (including phenoxy) is 1. The molecule has 0 saturated carbocycles. The van der Waals surface area contributed by atoms with Gasteiger partial charge in [0.25, 0.3) is 5.91 Å². The molecule has 1 aromatic carbocycles. The van der Waals surface area contributed by atoms with Gasteiger partial charge < -0.3 is 9.64 Å². The molecule has 1 amide bonds. The number of rotatable bonds is 5. The van der Waals surface area contributed by atoms with E-state index in [1.807, 2.05) is 11.8 Å². The van der Waals surface area contributed by atoms with Crippen molar-refractivity contribution in [1.82, 2.24) is 9.21 Å². The van der Waals surface area contributed by atoms with Crippen molar-refractivity contribution in [3.05, 3.63) is 45.6 Å². The van der Waals surface area contributed by atoms with Gasteiger partial charge in [0.05, 0.1) is 13.2 Å². The summed E-state index contributed by atoms with van der Waals surface area (Å²) < 4.78 is 33.9. The lowest BCUT2D eigenvalue weighted by atomic mass is 9.97. The van der Waals surface area contributed by atoms with Gasteiger partial charge in [-0.25, -0.2) is 8.42 Å². The maximum atomic E-state index is 13.5. The highest BCUT2D eigenvalue weighted by atomic mass is 32.2. The number of hydrogen-bond donors (Lipinski definition) is 0. The van der Waals surface area contributed by atoms with Gasteiger partial charge in [-0.05, 0) is 67.8 Å². The smallest absolute Gasteiger partial charge is 0.254 e. The fourth-order valence-corrected chi connectivity index (χ4v) is 7.62. The summed E-state index contributed by atoms with van der Waals surface area (Å²) in [5.74, 6) is 0.148. The highest BCUT2D eigenvalue weighted by Gasteiger charge is 2.35. The van der Waals surface area contributed by atoms with E-state index in [4.69, 9.17) is 4.74 Å². The first kappa shape index (κ1) is 22.3. The van der Waals surface area contributed by atoms with E-state index in [2.05, 4.69) is 18.4 Å². The minimum absolute atomic E-state index is 0.0202. The Labute approximate surface area is 188 Å². The van der Waals surface area contributed by atoms with Crippen LogP contribution in [0.4, 0.5) is 0 Å². The predicted octanol–water partition coefficient (Wildman–Crippen LogP) is 4.47. The third-order valence-electron chi connectivity index (χ3n) is 6.48. The molecule has 0 bridgehead atoms. The fourth-order valence-electron chi connectivity index (χ4n) is 4.81. The first-order valence-electron chi connectivity index (χ1n) is 11.0. The molecule has 0 aliphatic carbocycles. The number of thiophene rings is 1. The molecule has 2 aliphatic rings. The molecule has 2 atom stereocenters. The van der Waals surface area contributed by atoms with Crippen molar-refractivity contribution >= 4 is 27.3 Å². The lowest BCUT2D eigenvalue weighted by molar-refractivity contribution is 0.0657. The zero-order valence-corrected chi connectivity index (χ0v) is 20.0. The van der Waals surface area contributed by atoms with Crippen molar-refractivity contribution < 1.29 is 17.9 Å². The minimum atomic E-state index is -3.76. The number of nitrogens with zero attached hydrogens (tertiary/aromatic N) is 2. The van der Waals surface area contributed by atoms with E-state index in [-0.39, 0.29) is 28.6 Å². The number of carbonyl (C=O) groups excluding carboxylic acids is 1. The standard InChI is InChI=1S/C23H30N2O4S2/c1-4-19-18-11-14-30-21(18)10-13-24(19)23(26)17-8-9-20(29-3)22(15-17)31(27,28)25-12-6-5-7-16(25)2/h8-9,11,14-16,19H,4-7,10,12-13H2,1-3H3. The van der Waals surface area contributed by atoms with Gasteiger partial charge in [-0.3, -0.25) is 4.79 Å². The molecule has 2 unspecified atom stereocenters. The van der Waals surface area contributed by atoms with Gasteiger partial charge in [-0.1, -0.05) is 13.3 Å².